The second kappa shape index (κ2) is 3.36. The zero-order valence-electron chi connectivity index (χ0n) is 10.7. The van der Waals surface area contributed by atoms with Gasteiger partial charge in [-0.25, -0.2) is 4.79 Å². The molecule has 2 bridgehead atoms. The minimum Gasteiger partial charge on any atom is -0.452 e. The maximum atomic E-state index is 11.8. The average Bonchev–Trinajstić information content (AvgIpc) is 2.58. The first kappa shape index (κ1) is 12.2. The second-order valence-electron chi connectivity index (χ2n) is 6.44. The van der Waals surface area contributed by atoms with Crippen LogP contribution in [0.5, 0.6) is 0 Å². The molecule has 0 aromatic carbocycles. The molecule has 0 heterocycles. The molecule has 0 aromatic rings. The summed E-state index contributed by atoms with van der Waals surface area (Å²) >= 11 is 0. The molecule has 100 valence electrons. The zero-order valence-corrected chi connectivity index (χ0v) is 10.7. The maximum Gasteiger partial charge on any atom is 0.333 e. The molecule has 0 saturated heterocycles. The molecular formula is C14H20O4. The first-order valence-corrected chi connectivity index (χ1v) is 6.64. The minimum atomic E-state index is -1.05. The molecule has 18 heavy (non-hydrogen) atoms. The number of carbonyl (C=O) groups excluding carboxylic acids is 1. The highest BCUT2D eigenvalue weighted by Gasteiger charge is 2.73. The van der Waals surface area contributed by atoms with Crippen molar-refractivity contribution in [2.75, 3.05) is 0 Å². The lowest BCUT2D eigenvalue weighted by molar-refractivity contribution is -0.189. The van der Waals surface area contributed by atoms with Crippen molar-refractivity contribution in [2.45, 2.75) is 62.3 Å². The van der Waals surface area contributed by atoms with E-state index >= 15 is 0 Å². The average molecular weight is 252 g/mol. The van der Waals surface area contributed by atoms with Crippen LogP contribution in [0.1, 0.15) is 45.4 Å². The molecule has 0 radical (unpaired) electrons. The summed E-state index contributed by atoms with van der Waals surface area (Å²) in [5, 5.41) is 21.2. The summed E-state index contributed by atoms with van der Waals surface area (Å²) in [7, 11) is 0. The van der Waals surface area contributed by atoms with E-state index in [1.807, 2.05) is 0 Å². The first-order chi connectivity index (χ1) is 8.30. The predicted molar refractivity (Wildman–Crippen MR) is 64.7 cm³/mol. The highest BCUT2D eigenvalue weighted by atomic mass is 16.6. The van der Waals surface area contributed by atoms with Crippen LogP contribution < -0.4 is 0 Å². The second-order valence-corrected chi connectivity index (χ2v) is 6.44. The van der Waals surface area contributed by atoms with Crippen molar-refractivity contribution < 1.29 is 19.7 Å². The van der Waals surface area contributed by atoms with Crippen molar-refractivity contribution in [3.05, 3.63) is 12.2 Å². The Bertz CT molecular complexity index is 432. The van der Waals surface area contributed by atoms with E-state index < -0.39 is 22.8 Å². The van der Waals surface area contributed by atoms with Crippen LogP contribution in [0.3, 0.4) is 0 Å². The van der Waals surface area contributed by atoms with Gasteiger partial charge in [-0.05, 0) is 32.6 Å². The lowest BCUT2D eigenvalue weighted by atomic mass is 9.75. The van der Waals surface area contributed by atoms with Crippen molar-refractivity contribution in [3.8, 4) is 0 Å². The quantitative estimate of drug-likeness (QED) is 0.574. The lowest BCUT2D eigenvalue weighted by Crippen LogP contribution is -2.53. The standard InChI is InChI=1S/C14H20O4/c1-9(2)11(15)18-14-8-12(16)5-3-10(14)4-6-13(14,17)7-12/h10,16-17H,1,3-8H2,2H3. The smallest absolute Gasteiger partial charge is 0.333 e. The van der Waals surface area contributed by atoms with Gasteiger partial charge >= 0.3 is 5.97 Å². The molecule has 0 amide bonds. The fourth-order valence-electron chi connectivity index (χ4n) is 4.34. The van der Waals surface area contributed by atoms with E-state index in [1.54, 1.807) is 6.92 Å². The van der Waals surface area contributed by atoms with Crippen LogP contribution in [0.15, 0.2) is 12.2 Å². The normalized spacial score (nSPS) is 49.2. The molecule has 3 fully saturated rings. The molecule has 4 unspecified atom stereocenters. The monoisotopic (exact) mass is 252 g/mol. The molecule has 3 rings (SSSR count). The van der Waals surface area contributed by atoms with Gasteiger partial charge in [0.25, 0.3) is 0 Å². The fourth-order valence-corrected chi connectivity index (χ4v) is 4.34. The first-order valence-electron chi connectivity index (χ1n) is 6.64. The van der Waals surface area contributed by atoms with Gasteiger partial charge in [0, 0.05) is 24.3 Å². The number of ether oxygens (including phenoxy) is 1. The van der Waals surface area contributed by atoms with E-state index in [0.29, 0.717) is 31.3 Å². The SMILES string of the molecule is C=C(C)C(=O)OC12CC3(O)CCC1CCC2(O)C3. The Labute approximate surface area is 107 Å². The van der Waals surface area contributed by atoms with Gasteiger partial charge in [0.2, 0.25) is 0 Å². The van der Waals surface area contributed by atoms with Gasteiger partial charge in [-0.3, -0.25) is 0 Å². The third-order valence-corrected chi connectivity index (χ3v) is 5.15. The van der Waals surface area contributed by atoms with Crippen LogP contribution in [0.25, 0.3) is 0 Å². The Morgan fingerprint density at radius 2 is 1.94 bits per heavy atom. The van der Waals surface area contributed by atoms with Gasteiger partial charge in [0.1, 0.15) is 11.2 Å². The van der Waals surface area contributed by atoms with E-state index in [0.717, 1.165) is 12.8 Å². The van der Waals surface area contributed by atoms with Crippen molar-refractivity contribution in [1.82, 2.24) is 0 Å². The summed E-state index contributed by atoms with van der Waals surface area (Å²) in [5.41, 5.74) is -2.45. The summed E-state index contributed by atoms with van der Waals surface area (Å²) in [6, 6.07) is 0. The third kappa shape index (κ3) is 1.36. The lowest BCUT2D eigenvalue weighted by Gasteiger charge is -2.42. The maximum absolute atomic E-state index is 11.8. The van der Waals surface area contributed by atoms with E-state index in [2.05, 4.69) is 6.58 Å². The largest absolute Gasteiger partial charge is 0.452 e. The van der Waals surface area contributed by atoms with Gasteiger partial charge < -0.3 is 14.9 Å². The van der Waals surface area contributed by atoms with Crippen molar-refractivity contribution in [3.63, 3.8) is 0 Å². The highest BCUT2D eigenvalue weighted by Crippen LogP contribution is 2.64. The van der Waals surface area contributed by atoms with Crippen molar-refractivity contribution in [1.29, 1.82) is 0 Å². The molecule has 2 N–H and O–H groups in total. The molecule has 4 nitrogen and oxygen atoms in total. The summed E-state index contributed by atoms with van der Waals surface area (Å²) in [6.45, 7) is 5.20. The van der Waals surface area contributed by atoms with Gasteiger partial charge in [0.05, 0.1) is 5.60 Å². The summed E-state index contributed by atoms with van der Waals surface area (Å²) in [4.78, 5) is 11.8. The highest BCUT2D eigenvalue weighted by molar-refractivity contribution is 5.87. The number of aliphatic hydroxyl groups is 2. The van der Waals surface area contributed by atoms with Gasteiger partial charge in [-0.15, -0.1) is 0 Å². The zero-order chi connectivity index (χ0) is 13.2. The minimum absolute atomic E-state index is 0.175. The van der Waals surface area contributed by atoms with Gasteiger partial charge in [0.15, 0.2) is 0 Å². The van der Waals surface area contributed by atoms with Crippen LogP contribution in [-0.4, -0.2) is 33.0 Å². The molecule has 4 heteroatoms. The van der Waals surface area contributed by atoms with Gasteiger partial charge in [-0.1, -0.05) is 6.58 Å². The Balaban J connectivity index is 1.98. The van der Waals surface area contributed by atoms with E-state index in [4.69, 9.17) is 4.74 Å². The third-order valence-electron chi connectivity index (χ3n) is 5.15. The summed E-state index contributed by atoms with van der Waals surface area (Å²) < 4.78 is 5.64. The van der Waals surface area contributed by atoms with Crippen LogP contribution in [0.4, 0.5) is 0 Å². The van der Waals surface area contributed by atoms with Crippen LogP contribution in [0.2, 0.25) is 0 Å². The Morgan fingerprint density at radius 3 is 2.61 bits per heavy atom. The number of fused-ring (bicyclic) bond motifs is 1. The molecule has 4 atom stereocenters. The van der Waals surface area contributed by atoms with E-state index in [9.17, 15) is 15.0 Å². The predicted octanol–water partition coefficient (Wildman–Crippen LogP) is 1.30. The Morgan fingerprint density at radius 1 is 1.28 bits per heavy atom. The number of hydrogen-bond donors (Lipinski definition) is 2. The molecule has 3 aliphatic rings. The van der Waals surface area contributed by atoms with E-state index in [-0.39, 0.29) is 5.92 Å². The molecule has 0 aliphatic heterocycles. The fraction of sp³-hybridized carbons (Fsp3) is 0.786. The number of rotatable bonds is 2. The van der Waals surface area contributed by atoms with Crippen LogP contribution in [0, 0.1) is 5.92 Å². The van der Waals surface area contributed by atoms with Crippen LogP contribution >= 0.6 is 0 Å². The Hall–Kier alpha value is -0.870. The molecule has 0 aromatic heterocycles. The molecular weight excluding hydrogens is 232 g/mol. The molecule has 0 spiro atoms. The summed E-state index contributed by atoms with van der Waals surface area (Å²) in [6.07, 6.45) is 3.72. The topological polar surface area (TPSA) is 66.8 Å². The number of carbonyl (C=O) groups is 1. The number of esters is 1. The van der Waals surface area contributed by atoms with Crippen molar-refractivity contribution in [2.24, 2.45) is 5.92 Å². The number of hydrogen-bond acceptors (Lipinski definition) is 4. The van der Waals surface area contributed by atoms with Gasteiger partial charge in [-0.2, -0.15) is 0 Å². The molecule has 3 aliphatic carbocycles. The van der Waals surface area contributed by atoms with Crippen LogP contribution in [-0.2, 0) is 9.53 Å². The summed E-state index contributed by atoms with van der Waals surface area (Å²) in [5.74, 6) is -0.278. The van der Waals surface area contributed by atoms with Crippen molar-refractivity contribution >= 4 is 5.97 Å². The molecule has 3 saturated carbocycles. The van der Waals surface area contributed by atoms with E-state index in [1.165, 1.54) is 0 Å². The Kier molecular flexibility index (Phi) is 2.28.